The molecule has 3 heterocycles. The first kappa shape index (κ1) is 18.9. The van der Waals surface area contributed by atoms with Gasteiger partial charge in [0, 0.05) is 45.1 Å². The topological polar surface area (TPSA) is 78.7 Å². The van der Waals surface area contributed by atoms with E-state index in [0.717, 1.165) is 18.7 Å². The molecule has 144 valence electrons. The van der Waals surface area contributed by atoms with Gasteiger partial charge in [0.05, 0.1) is 17.5 Å². The minimum Gasteiger partial charge on any atom is -0.459 e. The van der Waals surface area contributed by atoms with E-state index in [2.05, 4.69) is 17.2 Å². The number of nitrogens with zero attached hydrogens (tertiary/aromatic N) is 3. The highest BCUT2D eigenvalue weighted by atomic mass is 16.3. The van der Waals surface area contributed by atoms with Crippen LogP contribution >= 0.6 is 0 Å². The Hall–Kier alpha value is -2.83. The maximum atomic E-state index is 12.8. The van der Waals surface area contributed by atoms with Crippen LogP contribution in [0.2, 0.25) is 0 Å². The van der Waals surface area contributed by atoms with Crippen LogP contribution < -0.4 is 5.32 Å². The van der Waals surface area contributed by atoms with Crippen molar-refractivity contribution in [2.24, 2.45) is 0 Å². The minimum absolute atomic E-state index is 0.0511. The predicted molar refractivity (Wildman–Crippen MR) is 103 cm³/mol. The average Bonchev–Trinajstić information content (AvgIpc) is 3.25. The third-order valence-electron chi connectivity index (χ3n) is 4.68. The SMILES string of the molecule is CCCCCNc1cncc(C(=O)N2CCN(C(=O)c3ccco3)CC2)c1. The number of aromatic nitrogens is 1. The molecule has 27 heavy (non-hydrogen) atoms. The van der Waals surface area contributed by atoms with Gasteiger partial charge in [-0.25, -0.2) is 0 Å². The molecule has 2 aromatic rings. The van der Waals surface area contributed by atoms with Crippen molar-refractivity contribution in [3.8, 4) is 0 Å². The first-order chi connectivity index (χ1) is 13.2. The lowest BCUT2D eigenvalue weighted by atomic mass is 10.2. The Morgan fingerprint density at radius 2 is 1.85 bits per heavy atom. The van der Waals surface area contributed by atoms with E-state index in [0.29, 0.717) is 37.5 Å². The second kappa shape index (κ2) is 9.21. The van der Waals surface area contributed by atoms with E-state index < -0.39 is 0 Å². The molecule has 2 amide bonds. The van der Waals surface area contributed by atoms with Crippen LogP contribution in [0.25, 0.3) is 0 Å². The predicted octanol–water partition coefficient (Wildman–Crippen LogP) is 2.87. The number of hydrogen-bond acceptors (Lipinski definition) is 5. The smallest absolute Gasteiger partial charge is 0.289 e. The van der Waals surface area contributed by atoms with Crippen molar-refractivity contribution in [1.29, 1.82) is 0 Å². The molecule has 0 radical (unpaired) electrons. The molecule has 1 aliphatic heterocycles. The highest BCUT2D eigenvalue weighted by molar-refractivity contribution is 5.95. The first-order valence-corrected chi connectivity index (χ1v) is 9.50. The number of nitrogens with one attached hydrogen (secondary N) is 1. The molecule has 0 atom stereocenters. The average molecular weight is 370 g/mol. The number of amides is 2. The van der Waals surface area contributed by atoms with Gasteiger partial charge in [-0.05, 0) is 24.6 Å². The third kappa shape index (κ3) is 4.87. The van der Waals surface area contributed by atoms with Gasteiger partial charge in [0.1, 0.15) is 0 Å². The number of carbonyl (C=O) groups is 2. The molecule has 0 spiro atoms. The molecule has 1 N–H and O–H groups in total. The van der Waals surface area contributed by atoms with Crippen LogP contribution in [0.3, 0.4) is 0 Å². The molecule has 1 fully saturated rings. The zero-order valence-electron chi connectivity index (χ0n) is 15.7. The number of anilines is 1. The van der Waals surface area contributed by atoms with Crippen LogP contribution in [-0.2, 0) is 0 Å². The van der Waals surface area contributed by atoms with Crippen molar-refractivity contribution >= 4 is 17.5 Å². The molecule has 3 rings (SSSR count). The molecule has 1 saturated heterocycles. The van der Waals surface area contributed by atoms with Gasteiger partial charge in [-0.1, -0.05) is 19.8 Å². The summed E-state index contributed by atoms with van der Waals surface area (Å²) in [5, 5.41) is 3.32. The molecule has 7 nitrogen and oxygen atoms in total. The lowest BCUT2D eigenvalue weighted by Gasteiger charge is -2.34. The van der Waals surface area contributed by atoms with Crippen molar-refractivity contribution < 1.29 is 14.0 Å². The van der Waals surface area contributed by atoms with Crippen LogP contribution in [0, 0.1) is 0 Å². The number of carbonyl (C=O) groups excluding carboxylic acids is 2. The Kier molecular flexibility index (Phi) is 6.46. The van der Waals surface area contributed by atoms with E-state index in [1.54, 1.807) is 34.3 Å². The van der Waals surface area contributed by atoms with Crippen LogP contribution in [0.1, 0.15) is 47.1 Å². The Labute approximate surface area is 159 Å². The fourth-order valence-corrected chi connectivity index (χ4v) is 3.11. The van der Waals surface area contributed by atoms with Crippen LogP contribution in [0.5, 0.6) is 0 Å². The molecule has 0 aromatic carbocycles. The van der Waals surface area contributed by atoms with Crippen molar-refractivity contribution in [2.45, 2.75) is 26.2 Å². The number of unbranched alkanes of at least 4 members (excludes halogenated alkanes) is 2. The summed E-state index contributed by atoms with van der Waals surface area (Å²) in [5.74, 6) is 0.151. The van der Waals surface area contributed by atoms with Gasteiger partial charge in [-0.3, -0.25) is 14.6 Å². The largest absolute Gasteiger partial charge is 0.459 e. The number of rotatable bonds is 7. The summed E-state index contributed by atoms with van der Waals surface area (Å²) in [6.45, 7) is 5.03. The van der Waals surface area contributed by atoms with Gasteiger partial charge in [-0.2, -0.15) is 0 Å². The Balaban J connectivity index is 1.54. The van der Waals surface area contributed by atoms with Gasteiger partial charge in [-0.15, -0.1) is 0 Å². The van der Waals surface area contributed by atoms with Crippen LogP contribution in [-0.4, -0.2) is 59.3 Å². The molecule has 1 aliphatic rings. The quantitative estimate of drug-likeness (QED) is 0.758. The Morgan fingerprint density at radius 1 is 1.11 bits per heavy atom. The van der Waals surface area contributed by atoms with E-state index in [-0.39, 0.29) is 11.8 Å². The highest BCUT2D eigenvalue weighted by Crippen LogP contribution is 2.14. The van der Waals surface area contributed by atoms with Gasteiger partial charge < -0.3 is 19.5 Å². The summed E-state index contributed by atoms with van der Waals surface area (Å²) in [6.07, 6.45) is 8.28. The number of piperazine rings is 1. The second-order valence-electron chi connectivity index (χ2n) is 6.66. The lowest BCUT2D eigenvalue weighted by Crippen LogP contribution is -2.50. The van der Waals surface area contributed by atoms with E-state index in [1.165, 1.54) is 19.1 Å². The molecule has 2 aromatic heterocycles. The highest BCUT2D eigenvalue weighted by Gasteiger charge is 2.26. The number of hydrogen-bond donors (Lipinski definition) is 1. The summed E-state index contributed by atoms with van der Waals surface area (Å²) in [4.78, 5) is 32.8. The summed E-state index contributed by atoms with van der Waals surface area (Å²) < 4.78 is 5.17. The molecule has 0 aliphatic carbocycles. The van der Waals surface area contributed by atoms with Crippen molar-refractivity contribution in [1.82, 2.24) is 14.8 Å². The van der Waals surface area contributed by atoms with Crippen molar-refractivity contribution in [3.05, 3.63) is 48.2 Å². The van der Waals surface area contributed by atoms with Crippen molar-refractivity contribution in [3.63, 3.8) is 0 Å². The molecule has 0 unspecified atom stereocenters. The van der Waals surface area contributed by atoms with Crippen molar-refractivity contribution in [2.75, 3.05) is 38.0 Å². The van der Waals surface area contributed by atoms with E-state index >= 15 is 0 Å². The molecular formula is C20H26N4O3. The molecule has 0 bridgehead atoms. The van der Waals surface area contributed by atoms with E-state index in [1.807, 2.05) is 6.07 Å². The maximum Gasteiger partial charge on any atom is 0.289 e. The fraction of sp³-hybridized carbons (Fsp3) is 0.450. The van der Waals surface area contributed by atoms with E-state index in [9.17, 15) is 9.59 Å². The van der Waals surface area contributed by atoms with Gasteiger partial charge >= 0.3 is 0 Å². The molecule has 0 saturated carbocycles. The van der Waals surface area contributed by atoms with Gasteiger partial charge in [0.15, 0.2) is 5.76 Å². The number of furan rings is 1. The van der Waals surface area contributed by atoms with Crippen LogP contribution in [0.4, 0.5) is 5.69 Å². The van der Waals surface area contributed by atoms with Gasteiger partial charge in [0.25, 0.3) is 11.8 Å². The third-order valence-corrected chi connectivity index (χ3v) is 4.68. The second-order valence-corrected chi connectivity index (χ2v) is 6.66. The Morgan fingerprint density at radius 3 is 2.52 bits per heavy atom. The van der Waals surface area contributed by atoms with Crippen LogP contribution in [0.15, 0.2) is 41.3 Å². The molecular weight excluding hydrogens is 344 g/mol. The fourth-order valence-electron chi connectivity index (χ4n) is 3.11. The summed E-state index contributed by atoms with van der Waals surface area (Å²) in [6, 6.07) is 5.20. The monoisotopic (exact) mass is 370 g/mol. The minimum atomic E-state index is -0.132. The summed E-state index contributed by atoms with van der Waals surface area (Å²) in [5.41, 5.74) is 1.44. The van der Waals surface area contributed by atoms with Gasteiger partial charge in [0.2, 0.25) is 0 Å². The van der Waals surface area contributed by atoms with E-state index in [4.69, 9.17) is 4.42 Å². The molecule has 7 heteroatoms. The first-order valence-electron chi connectivity index (χ1n) is 9.50. The maximum absolute atomic E-state index is 12.8. The lowest BCUT2D eigenvalue weighted by molar-refractivity contribution is 0.0518. The standard InChI is InChI=1S/C20H26N4O3/c1-2-3-4-7-22-17-13-16(14-21-15-17)19(25)23-8-10-24(11-9-23)20(26)18-6-5-12-27-18/h5-6,12-15,22H,2-4,7-11H2,1H3. The summed E-state index contributed by atoms with van der Waals surface area (Å²) in [7, 11) is 0. The zero-order chi connectivity index (χ0) is 19.1. The summed E-state index contributed by atoms with van der Waals surface area (Å²) >= 11 is 0. The zero-order valence-corrected chi connectivity index (χ0v) is 15.7. The Bertz CT molecular complexity index is 752. The number of pyridine rings is 1. The normalized spacial score (nSPS) is 14.3.